The van der Waals surface area contributed by atoms with Crippen molar-refractivity contribution in [2.45, 2.75) is 10.1 Å². The molecule has 0 unspecified atom stereocenters. The number of halogens is 2. The molecular formula is C14H9BrFN3OS3. The molecule has 0 aliphatic rings. The molecular weight excluding hydrogens is 421 g/mol. The molecule has 23 heavy (non-hydrogen) atoms. The molecule has 118 valence electrons. The van der Waals surface area contributed by atoms with Gasteiger partial charge in [-0.05, 0) is 45.6 Å². The van der Waals surface area contributed by atoms with Gasteiger partial charge in [-0.15, -0.1) is 21.5 Å². The van der Waals surface area contributed by atoms with E-state index in [2.05, 4.69) is 37.5 Å². The monoisotopic (exact) mass is 429 g/mol. The maximum Gasteiger partial charge on any atom is 0.258 e. The second kappa shape index (κ2) is 7.52. The summed E-state index contributed by atoms with van der Waals surface area (Å²) in [7, 11) is 0. The minimum atomic E-state index is -0.406. The minimum Gasteiger partial charge on any atom is -0.296 e. The predicted octanol–water partition coefficient (Wildman–Crippen LogP) is 5.05. The number of benzene rings is 1. The summed E-state index contributed by atoms with van der Waals surface area (Å²) in [6.45, 7) is 0. The summed E-state index contributed by atoms with van der Waals surface area (Å²) in [5.41, 5.74) is 0.342. The molecule has 2 aromatic heterocycles. The zero-order valence-corrected chi connectivity index (χ0v) is 15.5. The van der Waals surface area contributed by atoms with E-state index in [0.717, 1.165) is 10.1 Å². The van der Waals surface area contributed by atoms with E-state index in [9.17, 15) is 9.18 Å². The summed E-state index contributed by atoms with van der Waals surface area (Å²) in [6, 6.07) is 7.97. The highest BCUT2D eigenvalue weighted by Gasteiger charge is 2.14. The molecule has 0 saturated heterocycles. The molecule has 0 aliphatic carbocycles. The number of carbonyl (C=O) groups is 1. The van der Waals surface area contributed by atoms with Crippen molar-refractivity contribution in [2.75, 3.05) is 5.32 Å². The van der Waals surface area contributed by atoms with Crippen LogP contribution in [-0.4, -0.2) is 16.1 Å². The first-order valence-corrected chi connectivity index (χ1v) is 9.84. The maximum absolute atomic E-state index is 13.1. The average molecular weight is 430 g/mol. The third-order valence-electron chi connectivity index (χ3n) is 2.72. The van der Waals surface area contributed by atoms with Crippen molar-refractivity contribution in [3.63, 3.8) is 0 Å². The highest BCUT2D eigenvalue weighted by Crippen LogP contribution is 2.30. The van der Waals surface area contributed by atoms with Gasteiger partial charge in [0.15, 0.2) is 4.34 Å². The molecule has 1 N–H and O–H groups in total. The van der Waals surface area contributed by atoms with Crippen molar-refractivity contribution >= 4 is 61.4 Å². The smallest absolute Gasteiger partial charge is 0.258 e. The van der Waals surface area contributed by atoms with Gasteiger partial charge in [-0.1, -0.05) is 29.2 Å². The van der Waals surface area contributed by atoms with E-state index < -0.39 is 5.82 Å². The van der Waals surface area contributed by atoms with E-state index in [4.69, 9.17) is 0 Å². The van der Waals surface area contributed by atoms with Gasteiger partial charge in [-0.2, -0.15) is 0 Å². The highest BCUT2D eigenvalue weighted by atomic mass is 79.9. The van der Waals surface area contributed by atoms with Gasteiger partial charge >= 0.3 is 0 Å². The predicted molar refractivity (Wildman–Crippen MR) is 95.8 cm³/mol. The Bertz CT molecular complexity index is 823. The maximum atomic E-state index is 13.1. The van der Waals surface area contributed by atoms with Gasteiger partial charge in [-0.25, -0.2) is 4.39 Å². The lowest BCUT2D eigenvalue weighted by molar-refractivity contribution is 0.102. The summed E-state index contributed by atoms with van der Waals surface area (Å²) in [5.74, 6) is 0.0588. The molecule has 0 aliphatic heterocycles. The van der Waals surface area contributed by atoms with Crippen LogP contribution >= 0.6 is 50.4 Å². The van der Waals surface area contributed by atoms with Crippen molar-refractivity contribution < 1.29 is 9.18 Å². The number of anilines is 1. The first-order chi connectivity index (χ1) is 11.1. The van der Waals surface area contributed by atoms with Crippen LogP contribution in [-0.2, 0) is 5.75 Å². The summed E-state index contributed by atoms with van der Waals surface area (Å²) in [6.07, 6.45) is 0. The first-order valence-electron chi connectivity index (χ1n) is 6.37. The largest absolute Gasteiger partial charge is 0.296 e. The molecule has 3 aromatic rings. The minimum absolute atomic E-state index is 0.342. The SMILES string of the molecule is O=C(Nc1nnc(SCc2cccs2)s1)c1ccc(F)cc1Br. The van der Waals surface area contributed by atoms with Crippen LogP contribution < -0.4 is 5.32 Å². The molecule has 0 fully saturated rings. The fourth-order valence-corrected chi connectivity index (χ4v) is 4.74. The third kappa shape index (κ3) is 4.37. The van der Waals surface area contributed by atoms with Gasteiger partial charge in [-0.3, -0.25) is 10.1 Å². The summed E-state index contributed by atoms with van der Waals surface area (Å²) in [4.78, 5) is 13.4. The van der Waals surface area contributed by atoms with Crippen LogP contribution in [0.2, 0.25) is 0 Å². The quantitative estimate of drug-likeness (QED) is 0.455. The van der Waals surface area contributed by atoms with Crippen molar-refractivity contribution in [1.29, 1.82) is 0 Å². The van der Waals surface area contributed by atoms with E-state index in [1.807, 2.05) is 11.4 Å². The van der Waals surface area contributed by atoms with Gasteiger partial charge < -0.3 is 0 Å². The van der Waals surface area contributed by atoms with Crippen LogP contribution in [0.4, 0.5) is 9.52 Å². The lowest BCUT2D eigenvalue weighted by atomic mass is 10.2. The Morgan fingerprint density at radius 2 is 2.22 bits per heavy atom. The normalized spacial score (nSPS) is 10.7. The second-order valence-electron chi connectivity index (χ2n) is 4.32. The molecule has 3 rings (SSSR count). The van der Waals surface area contributed by atoms with Crippen molar-refractivity contribution in [3.05, 3.63) is 56.4 Å². The first kappa shape index (κ1) is 16.6. The number of carbonyl (C=O) groups excluding carboxylic acids is 1. The summed E-state index contributed by atoms with van der Waals surface area (Å²) < 4.78 is 14.2. The Kier molecular flexibility index (Phi) is 5.42. The highest BCUT2D eigenvalue weighted by molar-refractivity contribution is 9.10. The van der Waals surface area contributed by atoms with E-state index in [-0.39, 0.29) is 5.91 Å². The van der Waals surface area contributed by atoms with Gasteiger partial charge in [0.05, 0.1) is 5.56 Å². The van der Waals surface area contributed by atoms with Gasteiger partial charge in [0.25, 0.3) is 5.91 Å². The average Bonchev–Trinajstić information content (AvgIpc) is 3.16. The molecule has 0 saturated carbocycles. The topological polar surface area (TPSA) is 54.9 Å². The zero-order chi connectivity index (χ0) is 16.2. The van der Waals surface area contributed by atoms with Crippen LogP contribution in [0.5, 0.6) is 0 Å². The number of thioether (sulfide) groups is 1. The fourth-order valence-electron chi connectivity index (χ4n) is 1.68. The number of amides is 1. The molecule has 9 heteroatoms. The molecule has 4 nitrogen and oxygen atoms in total. The molecule has 0 spiro atoms. The standard InChI is InChI=1S/C14H9BrFN3OS3/c15-11-6-8(16)3-4-10(11)12(20)17-13-18-19-14(23-13)22-7-9-2-1-5-21-9/h1-6H,7H2,(H,17,18,20). The number of hydrogen-bond acceptors (Lipinski definition) is 6. The molecule has 1 aromatic carbocycles. The lowest BCUT2D eigenvalue weighted by Crippen LogP contribution is -2.12. The van der Waals surface area contributed by atoms with Gasteiger partial charge in [0.1, 0.15) is 5.82 Å². The van der Waals surface area contributed by atoms with Crippen molar-refractivity contribution in [3.8, 4) is 0 Å². The molecule has 1 amide bonds. The van der Waals surface area contributed by atoms with E-state index >= 15 is 0 Å². The Balaban J connectivity index is 1.63. The van der Waals surface area contributed by atoms with E-state index in [1.165, 1.54) is 34.4 Å². The van der Waals surface area contributed by atoms with Crippen LogP contribution in [0, 0.1) is 5.82 Å². The Morgan fingerprint density at radius 3 is 2.96 bits per heavy atom. The fraction of sp³-hybridized carbons (Fsp3) is 0.0714. The van der Waals surface area contributed by atoms with Crippen LogP contribution in [0.3, 0.4) is 0 Å². The van der Waals surface area contributed by atoms with Crippen LogP contribution in [0.1, 0.15) is 15.2 Å². The van der Waals surface area contributed by atoms with Gasteiger partial charge in [0, 0.05) is 15.1 Å². The number of nitrogens with one attached hydrogen (secondary N) is 1. The van der Waals surface area contributed by atoms with Gasteiger partial charge in [0.2, 0.25) is 5.13 Å². The number of aromatic nitrogens is 2. The lowest BCUT2D eigenvalue weighted by Gasteiger charge is -2.03. The molecule has 0 atom stereocenters. The molecule has 2 heterocycles. The Hall–Kier alpha value is -1.29. The van der Waals surface area contributed by atoms with Crippen LogP contribution in [0.25, 0.3) is 0 Å². The molecule has 0 bridgehead atoms. The number of nitrogens with zero attached hydrogens (tertiary/aromatic N) is 2. The zero-order valence-electron chi connectivity index (χ0n) is 11.5. The summed E-state index contributed by atoms with van der Waals surface area (Å²) >= 11 is 7.75. The number of hydrogen-bond donors (Lipinski definition) is 1. The van der Waals surface area contributed by atoms with Crippen molar-refractivity contribution in [2.24, 2.45) is 0 Å². The Labute approximate surface area is 152 Å². The number of thiophene rings is 1. The van der Waals surface area contributed by atoms with Crippen molar-refractivity contribution in [1.82, 2.24) is 10.2 Å². The second-order valence-corrected chi connectivity index (χ2v) is 8.41. The molecule has 0 radical (unpaired) electrons. The van der Waals surface area contributed by atoms with E-state index in [1.54, 1.807) is 23.1 Å². The summed E-state index contributed by atoms with van der Waals surface area (Å²) in [5, 5.41) is 13.1. The number of rotatable bonds is 5. The van der Waals surface area contributed by atoms with E-state index in [0.29, 0.717) is 15.2 Å². The van der Waals surface area contributed by atoms with Crippen LogP contribution in [0.15, 0.2) is 44.5 Å². The third-order valence-corrected chi connectivity index (χ3v) is 6.46. The Morgan fingerprint density at radius 1 is 1.35 bits per heavy atom.